The highest BCUT2D eigenvalue weighted by atomic mass is 35.5. The Morgan fingerprint density at radius 2 is 2.36 bits per heavy atom. The largest absolute Gasteiger partial charge is 0.386 e. The Bertz CT molecular complexity index is 720. The fourth-order valence-corrected chi connectivity index (χ4v) is 5.64. The van der Waals surface area contributed by atoms with E-state index in [2.05, 4.69) is 16.9 Å². The summed E-state index contributed by atoms with van der Waals surface area (Å²) < 4.78 is 8.93. The van der Waals surface area contributed by atoms with Gasteiger partial charge in [0.2, 0.25) is 0 Å². The number of likely N-dealkylation sites (tertiary alicyclic amines) is 1. The zero-order valence-corrected chi connectivity index (χ0v) is 16.0. The van der Waals surface area contributed by atoms with Crippen molar-refractivity contribution in [2.24, 2.45) is 0 Å². The number of fused-ring (bicyclic) bond motifs is 2. The smallest absolute Gasteiger partial charge is 0.105 e. The number of aryl methyl sites for hydroxylation is 1. The first-order valence-corrected chi connectivity index (χ1v) is 10.1. The Morgan fingerprint density at radius 3 is 3.12 bits per heavy atom. The summed E-state index contributed by atoms with van der Waals surface area (Å²) in [5.41, 5.74) is 0.699. The van der Waals surface area contributed by atoms with Crippen LogP contribution in [-0.4, -0.2) is 45.5 Å². The van der Waals surface area contributed by atoms with Gasteiger partial charge in [0.05, 0.1) is 10.9 Å². The maximum absolute atomic E-state index is 10.2. The van der Waals surface area contributed by atoms with E-state index in [1.807, 2.05) is 29.2 Å². The van der Waals surface area contributed by atoms with E-state index in [4.69, 9.17) is 16.3 Å². The van der Waals surface area contributed by atoms with Gasteiger partial charge in [-0.1, -0.05) is 11.6 Å². The van der Waals surface area contributed by atoms with Crippen molar-refractivity contribution in [3.63, 3.8) is 0 Å². The first-order valence-electron chi connectivity index (χ1n) is 8.91. The molecule has 25 heavy (non-hydrogen) atoms. The molecule has 2 aliphatic rings. The van der Waals surface area contributed by atoms with E-state index in [-0.39, 0.29) is 5.60 Å². The number of piperidine rings is 1. The van der Waals surface area contributed by atoms with Crippen molar-refractivity contribution in [1.29, 1.82) is 0 Å². The SMILES string of the molecule is C[C@H]1C[C@@]2(CCN1CCCn1cccn1)OC[C@H](O)c1cc(Cl)sc12. The van der Waals surface area contributed by atoms with Gasteiger partial charge in [0, 0.05) is 48.5 Å². The molecule has 136 valence electrons. The van der Waals surface area contributed by atoms with Gasteiger partial charge in [-0.25, -0.2) is 0 Å². The van der Waals surface area contributed by atoms with Crippen LogP contribution in [0.5, 0.6) is 0 Å². The lowest BCUT2D eigenvalue weighted by Gasteiger charge is -2.47. The maximum atomic E-state index is 10.2. The Kier molecular flexibility index (Phi) is 4.90. The molecule has 0 aliphatic carbocycles. The number of aromatic nitrogens is 2. The van der Waals surface area contributed by atoms with Gasteiger partial charge >= 0.3 is 0 Å². The Labute approximate surface area is 157 Å². The number of rotatable bonds is 4. The standard InChI is InChI=1S/C18H24ClN3O2S/c1-13-11-18(17-14(10-16(19)25-17)15(23)12-24-18)4-9-21(13)6-3-8-22-7-2-5-20-22/h2,5,7,10,13,15,23H,3-4,6,8-9,11-12H2,1H3/t13-,15-,18+/m0/s1. The molecule has 0 bridgehead atoms. The molecule has 0 unspecified atom stereocenters. The van der Waals surface area contributed by atoms with Crippen LogP contribution in [0.1, 0.15) is 42.7 Å². The fourth-order valence-electron chi connectivity index (χ4n) is 4.16. The lowest BCUT2D eigenvalue weighted by molar-refractivity contribution is -0.138. The minimum atomic E-state index is -0.549. The van der Waals surface area contributed by atoms with Crippen molar-refractivity contribution in [3.05, 3.63) is 39.3 Å². The summed E-state index contributed by atoms with van der Waals surface area (Å²) >= 11 is 7.80. The number of nitrogens with zero attached hydrogens (tertiary/aromatic N) is 3. The summed E-state index contributed by atoms with van der Waals surface area (Å²) in [6.45, 7) is 5.67. The molecule has 2 aromatic rings. The molecule has 7 heteroatoms. The third-order valence-electron chi connectivity index (χ3n) is 5.46. The van der Waals surface area contributed by atoms with Crippen LogP contribution in [0.3, 0.4) is 0 Å². The molecule has 1 saturated heterocycles. The first-order chi connectivity index (χ1) is 12.1. The van der Waals surface area contributed by atoms with Crippen molar-refractivity contribution >= 4 is 22.9 Å². The van der Waals surface area contributed by atoms with Crippen LogP contribution in [0.25, 0.3) is 0 Å². The van der Waals surface area contributed by atoms with Crippen molar-refractivity contribution in [3.8, 4) is 0 Å². The second-order valence-electron chi connectivity index (χ2n) is 7.12. The molecule has 0 saturated carbocycles. The van der Waals surface area contributed by atoms with Crippen LogP contribution >= 0.6 is 22.9 Å². The summed E-state index contributed by atoms with van der Waals surface area (Å²) in [4.78, 5) is 3.68. The van der Waals surface area contributed by atoms with Gasteiger partial charge in [-0.2, -0.15) is 5.10 Å². The number of hydrogen-bond acceptors (Lipinski definition) is 5. The number of ether oxygens (including phenoxy) is 1. The number of aliphatic hydroxyl groups excluding tert-OH is 1. The average molecular weight is 382 g/mol. The molecule has 3 atom stereocenters. The molecule has 0 aromatic carbocycles. The Balaban J connectivity index is 1.42. The van der Waals surface area contributed by atoms with E-state index in [1.54, 1.807) is 11.3 Å². The van der Waals surface area contributed by atoms with Crippen molar-refractivity contribution in [2.75, 3.05) is 19.7 Å². The van der Waals surface area contributed by atoms with Crippen LogP contribution < -0.4 is 0 Å². The fraction of sp³-hybridized carbons (Fsp3) is 0.611. The maximum Gasteiger partial charge on any atom is 0.105 e. The highest BCUT2D eigenvalue weighted by Gasteiger charge is 2.46. The minimum absolute atomic E-state index is 0.274. The predicted octanol–water partition coefficient (Wildman–Crippen LogP) is 3.43. The van der Waals surface area contributed by atoms with E-state index in [1.165, 1.54) is 0 Å². The second kappa shape index (κ2) is 7.00. The zero-order chi connectivity index (χ0) is 17.4. The van der Waals surface area contributed by atoms with E-state index in [9.17, 15) is 5.11 Å². The van der Waals surface area contributed by atoms with Crippen LogP contribution in [-0.2, 0) is 16.9 Å². The molecule has 4 rings (SSSR count). The lowest BCUT2D eigenvalue weighted by atomic mass is 9.81. The van der Waals surface area contributed by atoms with Gasteiger partial charge in [0.15, 0.2) is 0 Å². The van der Waals surface area contributed by atoms with E-state index in [0.717, 1.165) is 53.7 Å². The summed E-state index contributed by atoms with van der Waals surface area (Å²) in [5, 5.41) is 14.5. The molecular formula is C18H24ClN3O2S. The van der Waals surface area contributed by atoms with Crippen molar-refractivity contribution < 1.29 is 9.84 Å². The van der Waals surface area contributed by atoms with Crippen LogP contribution in [0.2, 0.25) is 4.34 Å². The number of aliphatic hydroxyl groups is 1. The molecule has 2 aromatic heterocycles. The molecule has 1 N–H and O–H groups in total. The van der Waals surface area contributed by atoms with Crippen LogP contribution in [0.15, 0.2) is 24.5 Å². The molecule has 2 aliphatic heterocycles. The zero-order valence-electron chi connectivity index (χ0n) is 14.4. The average Bonchev–Trinajstić information content (AvgIpc) is 3.23. The Hall–Kier alpha value is -0.920. The van der Waals surface area contributed by atoms with Gasteiger partial charge in [-0.05, 0) is 38.3 Å². The quantitative estimate of drug-likeness (QED) is 0.881. The van der Waals surface area contributed by atoms with Crippen LogP contribution in [0, 0.1) is 0 Å². The van der Waals surface area contributed by atoms with Gasteiger partial charge in [0.25, 0.3) is 0 Å². The number of halogens is 1. The van der Waals surface area contributed by atoms with Gasteiger partial charge in [-0.3, -0.25) is 4.68 Å². The molecule has 4 heterocycles. The number of thiophene rings is 1. The number of hydrogen-bond donors (Lipinski definition) is 1. The van der Waals surface area contributed by atoms with Gasteiger partial charge < -0.3 is 14.7 Å². The van der Waals surface area contributed by atoms with Gasteiger partial charge in [-0.15, -0.1) is 11.3 Å². The second-order valence-corrected chi connectivity index (χ2v) is 8.80. The van der Waals surface area contributed by atoms with E-state index >= 15 is 0 Å². The van der Waals surface area contributed by atoms with Crippen molar-refractivity contribution in [2.45, 2.75) is 50.5 Å². The molecule has 5 nitrogen and oxygen atoms in total. The summed E-state index contributed by atoms with van der Waals surface area (Å²) in [7, 11) is 0. The highest BCUT2D eigenvalue weighted by molar-refractivity contribution is 7.16. The highest BCUT2D eigenvalue weighted by Crippen LogP contribution is 2.50. The topological polar surface area (TPSA) is 50.5 Å². The summed E-state index contributed by atoms with van der Waals surface area (Å²) in [5.74, 6) is 0. The van der Waals surface area contributed by atoms with Crippen LogP contribution in [0.4, 0.5) is 0 Å². The molecule has 0 amide bonds. The normalized spacial score (nSPS) is 29.9. The third kappa shape index (κ3) is 3.38. The van der Waals surface area contributed by atoms with Gasteiger partial charge in [0.1, 0.15) is 11.7 Å². The van der Waals surface area contributed by atoms with Crippen molar-refractivity contribution in [1.82, 2.24) is 14.7 Å². The molecule has 1 spiro atoms. The first kappa shape index (κ1) is 17.5. The van der Waals surface area contributed by atoms with E-state index < -0.39 is 6.10 Å². The Morgan fingerprint density at radius 1 is 1.48 bits per heavy atom. The summed E-state index contributed by atoms with van der Waals surface area (Å²) in [6.07, 6.45) is 6.28. The lowest BCUT2D eigenvalue weighted by Crippen LogP contribution is -2.51. The van der Waals surface area contributed by atoms with E-state index in [0.29, 0.717) is 12.6 Å². The predicted molar refractivity (Wildman–Crippen MR) is 99.0 cm³/mol. The monoisotopic (exact) mass is 381 g/mol. The third-order valence-corrected chi connectivity index (χ3v) is 6.93. The molecule has 1 fully saturated rings. The summed E-state index contributed by atoms with van der Waals surface area (Å²) in [6, 6.07) is 4.32. The minimum Gasteiger partial charge on any atom is -0.386 e. The molecular weight excluding hydrogens is 358 g/mol. The molecule has 0 radical (unpaired) electrons.